The highest BCUT2D eigenvalue weighted by Crippen LogP contribution is 2.46. The van der Waals surface area contributed by atoms with E-state index in [0.29, 0.717) is 13.2 Å². The molecule has 0 radical (unpaired) electrons. The van der Waals surface area contributed by atoms with E-state index < -0.39 is 0 Å². The van der Waals surface area contributed by atoms with Crippen LogP contribution in [0.15, 0.2) is 24.3 Å². The molecule has 3 aliphatic rings. The SMILES string of the molecule is O=C(N[C@H]1CC2(CCCCC2)Oc2ccccc21)[C@H]1CCOC1. The van der Waals surface area contributed by atoms with Gasteiger partial charge in [-0.05, 0) is 38.2 Å². The van der Waals surface area contributed by atoms with Gasteiger partial charge in [0.2, 0.25) is 5.91 Å². The second kappa shape index (κ2) is 6.16. The molecule has 4 heteroatoms. The lowest BCUT2D eigenvalue weighted by Gasteiger charge is -2.44. The van der Waals surface area contributed by atoms with Gasteiger partial charge in [-0.1, -0.05) is 24.6 Å². The van der Waals surface area contributed by atoms with Crippen LogP contribution in [0.5, 0.6) is 5.75 Å². The van der Waals surface area contributed by atoms with Crippen molar-refractivity contribution in [2.24, 2.45) is 5.92 Å². The summed E-state index contributed by atoms with van der Waals surface area (Å²) >= 11 is 0. The van der Waals surface area contributed by atoms with E-state index in [-0.39, 0.29) is 23.5 Å². The average Bonchev–Trinajstić information content (AvgIpc) is 3.10. The topological polar surface area (TPSA) is 47.6 Å². The summed E-state index contributed by atoms with van der Waals surface area (Å²) in [5.74, 6) is 1.09. The van der Waals surface area contributed by atoms with Crippen LogP contribution in [0.1, 0.15) is 56.6 Å². The van der Waals surface area contributed by atoms with Crippen molar-refractivity contribution in [2.75, 3.05) is 13.2 Å². The highest BCUT2D eigenvalue weighted by molar-refractivity contribution is 5.79. The van der Waals surface area contributed by atoms with E-state index in [1.54, 1.807) is 0 Å². The van der Waals surface area contributed by atoms with Crippen LogP contribution in [0.25, 0.3) is 0 Å². The molecule has 0 aromatic heterocycles. The van der Waals surface area contributed by atoms with E-state index in [4.69, 9.17) is 9.47 Å². The molecule has 2 fully saturated rings. The summed E-state index contributed by atoms with van der Waals surface area (Å²) in [5, 5.41) is 3.29. The molecule has 1 spiro atoms. The van der Waals surface area contributed by atoms with Crippen LogP contribution in [0, 0.1) is 5.92 Å². The Bertz CT molecular complexity index is 574. The lowest BCUT2D eigenvalue weighted by atomic mass is 9.77. The summed E-state index contributed by atoms with van der Waals surface area (Å²) < 4.78 is 11.8. The van der Waals surface area contributed by atoms with Crippen molar-refractivity contribution in [3.63, 3.8) is 0 Å². The number of amides is 1. The Hall–Kier alpha value is -1.55. The number of para-hydroxylation sites is 1. The number of ether oxygens (including phenoxy) is 2. The fourth-order valence-corrected chi connectivity index (χ4v) is 4.28. The van der Waals surface area contributed by atoms with E-state index in [0.717, 1.165) is 37.0 Å². The highest BCUT2D eigenvalue weighted by Gasteiger charge is 2.42. The molecule has 1 aromatic rings. The van der Waals surface area contributed by atoms with Crippen molar-refractivity contribution >= 4 is 5.91 Å². The molecule has 124 valence electrons. The predicted molar refractivity (Wildman–Crippen MR) is 87.3 cm³/mol. The maximum Gasteiger partial charge on any atom is 0.226 e. The molecule has 0 bridgehead atoms. The fourth-order valence-electron chi connectivity index (χ4n) is 4.28. The minimum absolute atomic E-state index is 0.00677. The number of fused-ring (bicyclic) bond motifs is 1. The lowest BCUT2D eigenvalue weighted by Crippen LogP contribution is -2.47. The van der Waals surface area contributed by atoms with Crippen LogP contribution in [0.4, 0.5) is 0 Å². The van der Waals surface area contributed by atoms with Gasteiger partial charge in [-0.25, -0.2) is 0 Å². The van der Waals surface area contributed by atoms with Gasteiger partial charge < -0.3 is 14.8 Å². The van der Waals surface area contributed by atoms with E-state index in [2.05, 4.69) is 11.4 Å². The Labute approximate surface area is 137 Å². The molecule has 1 aliphatic carbocycles. The summed E-state index contributed by atoms with van der Waals surface area (Å²) in [4.78, 5) is 12.6. The Balaban J connectivity index is 1.57. The van der Waals surface area contributed by atoms with E-state index in [1.807, 2.05) is 18.2 Å². The smallest absolute Gasteiger partial charge is 0.226 e. The predicted octanol–water partition coefficient (Wildman–Crippen LogP) is 3.37. The number of carbonyl (C=O) groups is 1. The number of nitrogens with one attached hydrogen (secondary N) is 1. The maximum atomic E-state index is 12.6. The zero-order valence-corrected chi connectivity index (χ0v) is 13.6. The van der Waals surface area contributed by atoms with Crippen LogP contribution in [-0.2, 0) is 9.53 Å². The van der Waals surface area contributed by atoms with E-state index in [9.17, 15) is 4.79 Å². The number of carbonyl (C=O) groups excluding carboxylic acids is 1. The van der Waals surface area contributed by atoms with Crippen molar-refractivity contribution in [1.82, 2.24) is 5.32 Å². The van der Waals surface area contributed by atoms with E-state index >= 15 is 0 Å². The van der Waals surface area contributed by atoms with Crippen molar-refractivity contribution in [2.45, 2.75) is 56.6 Å². The molecule has 1 N–H and O–H groups in total. The Kier molecular flexibility index (Phi) is 4.02. The molecular formula is C19H25NO3. The molecule has 1 amide bonds. The van der Waals surface area contributed by atoms with Gasteiger partial charge in [0.1, 0.15) is 11.4 Å². The molecule has 1 saturated heterocycles. The average molecular weight is 315 g/mol. The minimum Gasteiger partial charge on any atom is -0.487 e. The van der Waals surface area contributed by atoms with Gasteiger partial charge in [-0.3, -0.25) is 4.79 Å². The molecule has 4 rings (SSSR count). The first kappa shape index (κ1) is 15.0. The van der Waals surface area contributed by atoms with Gasteiger partial charge in [-0.15, -0.1) is 0 Å². The molecule has 4 nitrogen and oxygen atoms in total. The van der Waals surface area contributed by atoms with Gasteiger partial charge >= 0.3 is 0 Å². The number of benzene rings is 1. The molecular weight excluding hydrogens is 290 g/mol. The van der Waals surface area contributed by atoms with Gasteiger partial charge in [0.25, 0.3) is 0 Å². The Morgan fingerprint density at radius 3 is 2.78 bits per heavy atom. The van der Waals surface area contributed by atoms with Crippen LogP contribution < -0.4 is 10.1 Å². The molecule has 2 aliphatic heterocycles. The van der Waals surface area contributed by atoms with Crippen molar-refractivity contribution < 1.29 is 14.3 Å². The van der Waals surface area contributed by atoms with Crippen molar-refractivity contribution in [1.29, 1.82) is 0 Å². The monoisotopic (exact) mass is 315 g/mol. The van der Waals surface area contributed by atoms with Gasteiger partial charge in [-0.2, -0.15) is 0 Å². The maximum absolute atomic E-state index is 12.6. The summed E-state index contributed by atoms with van der Waals surface area (Å²) in [7, 11) is 0. The third-order valence-corrected chi connectivity index (χ3v) is 5.58. The van der Waals surface area contributed by atoms with Crippen LogP contribution in [-0.4, -0.2) is 24.7 Å². The number of hydrogen-bond acceptors (Lipinski definition) is 3. The van der Waals surface area contributed by atoms with Gasteiger partial charge in [0.05, 0.1) is 18.6 Å². The fraction of sp³-hybridized carbons (Fsp3) is 0.632. The zero-order chi connectivity index (χ0) is 15.7. The molecule has 23 heavy (non-hydrogen) atoms. The largest absolute Gasteiger partial charge is 0.487 e. The Morgan fingerprint density at radius 2 is 2.00 bits per heavy atom. The van der Waals surface area contributed by atoms with E-state index in [1.165, 1.54) is 19.3 Å². The number of hydrogen-bond donors (Lipinski definition) is 1. The number of rotatable bonds is 2. The summed E-state index contributed by atoms with van der Waals surface area (Å²) in [5.41, 5.74) is 1.03. The first-order valence-electron chi connectivity index (χ1n) is 8.92. The summed E-state index contributed by atoms with van der Waals surface area (Å²) in [6, 6.07) is 8.23. The standard InChI is InChI=1S/C19H25NO3/c21-18(14-8-11-22-13-14)20-16-12-19(9-4-1-5-10-19)23-17-7-3-2-6-15(16)17/h2-3,6-7,14,16H,1,4-5,8-13H2,(H,20,21)/t14-,16-/m0/s1. The lowest BCUT2D eigenvalue weighted by molar-refractivity contribution is -0.126. The molecule has 1 aromatic carbocycles. The second-order valence-corrected chi connectivity index (χ2v) is 7.21. The first-order valence-corrected chi connectivity index (χ1v) is 8.92. The third-order valence-electron chi connectivity index (χ3n) is 5.58. The third kappa shape index (κ3) is 2.97. The summed E-state index contributed by atoms with van der Waals surface area (Å²) in [6.07, 6.45) is 7.66. The zero-order valence-electron chi connectivity index (χ0n) is 13.6. The van der Waals surface area contributed by atoms with Crippen LogP contribution in [0.2, 0.25) is 0 Å². The minimum atomic E-state index is -0.0866. The quantitative estimate of drug-likeness (QED) is 0.910. The second-order valence-electron chi connectivity index (χ2n) is 7.21. The molecule has 2 heterocycles. The molecule has 0 unspecified atom stereocenters. The highest BCUT2D eigenvalue weighted by atomic mass is 16.5. The van der Waals surface area contributed by atoms with Crippen molar-refractivity contribution in [3.05, 3.63) is 29.8 Å². The normalized spacial score (nSPS) is 28.9. The van der Waals surface area contributed by atoms with Crippen molar-refractivity contribution in [3.8, 4) is 5.75 Å². The molecule has 1 saturated carbocycles. The first-order chi connectivity index (χ1) is 11.3. The Morgan fingerprint density at radius 1 is 1.17 bits per heavy atom. The van der Waals surface area contributed by atoms with Gasteiger partial charge in [0.15, 0.2) is 0 Å². The summed E-state index contributed by atoms with van der Waals surface area (Å²) in [6.45, 7) is 1.26. The van der Waals surface area contributed by atoms with Crippen LogP contribution in [0.3, 0.4) is 0 Å². The van der Waals surface area contributed by atoms with Gasteiger partial charge in [0, 0.05) is 18.6 Å². The molecule has 2 atom stereocenters. The van der Waals surface area contributed by atoms with Crippen LogP contribution >= 0.6 is 0 Å².